The van der Waals surface area contributed by atoms with Gasteiger partial charge in [-0.25, -0.2) is 4.79 Å². The largest absolute Gasteiger partial charge is 0.492 e. The molecule has 1 aliphatic rings. The van der Waals surface area contributed by atoms with Crippen molar-refractivity contribution in [1.82, 2.24) is 10.6 Å². The van der Waals surface area contributed by atoms with E-state index in [1.807, 2.05) is 6.92 Å². The van der Waals surface area contributed by atoms with Crippen LogP contribution in [0.5, 0.6) is 5.75 Å². The lowest BCUT2D eigenvalue weighted by molar-refractivity contribution is -0.384. The van der Waals surface area contributed by atoms with Crippen LogP contribution in [-0.4, -0.2) is 23.5 Å². The van der Waals surface area contributed by atoms with Crippen LogP contribution in [0, 0.1) is 16.0 Å². The van der Waals surface area contributed by atoms with Crippen LogP contribution in [0.25, 0.3) is 0 Å². The fourth-order valence-corrected chi connectivity index (χ4v) is 3.38. The number of para-hydroxylation sites is 2. The summed E-state index contributed by atoms with van der Waals surface area (Å²) in [5.74, 6) is -0.925. The molecule has 1 aliphatic heterocycles. The highest BCUT2D eigenvalue weighted by molar-refractivity contribution is 6.32. The van der Waals surface area contributed by atoms with Gasteiger partial charge in [0.25, 0.3) is 5.69 Å². The number of carbonyl (C=O) groups is 2. The molecular formula is C20H19ClN4O5. The van der Waals surface area contributed by atoms with Crippen LogP contribution in [0.1, 0.15) is 18.5 Å². The summed E-state index contributed by atoms with van der Waals surface area (Å²) >= 11 is 5.89. The van der Waals surface area contributed by atoms with Crippen molar-refractivity contribution in [3.8, 4) is 5.75 Å². The van der Waals surface area contributed by atoms with Crippen LogP contribution in [0.15, 0.2) is 54.7 Å². The Balaban J connectivity index is 1.96. The number of anilines is 1. The molecule has 2 atom stereocenters. The molecule has 0 saturated carbocycles. The summed E-state index contributed by atoms with van der Waals surface area (Å²) in [6.07, 6.45) is 0. The van der Waals surface area contributed by atoms with Gasteiger partial charge in [-0.2, -0.15) is 0 Å². The lowest BCUT2D eigenvalue weighted by Gasteiger charge is -2.34. The number of rotatable bonds is 6. The molecule has 10 heteroatoms. The van der Waals surface area contributed by atoms with Gasteiger partial charge in [-0.15, -0.1) is 0 Å². The van der Waals surface area contributed by atoms with E-state index in [4.69, 9.17) is 16.3 Å². The van der Waals surface area contributed by atoms with Gasteiger partial charge in [-0.1, -0.05) is 36.4 Å². The first-order valence-corrected chi connectivity index (χ1v) is 9.42. The van der Waals surface area contributed by atoms with Crippen molar-refractivity contribution < 1.29 is 19.2 Å². The van der Waals surface area contributed by atoms with E-state index in [-0.39, 0.29) is 16.4 Å². The van der Waals surface area contributed by atoms with Crippen molar-refractivity contribution >= 4 is 34.9 Å². The van der Waals surface area contributed by atoms with Crippen molar-refractivity contribution in [1.29, 1.82) is 0 Å². The highest BCUT2D eigenvalue weighted by Crippen LogP contribution is 2.35. The Bertz CT molecular complexity index is 1030. The lowest BCUT2D eigenvalue weighted by atomic mass is 9.88. The number of urea groups is 1. The van der Waals surface area contributed by atoms with Gasteiger partial charge in [0.05, 0.1) is 23.3 Å². The molecule has 3 N–H and O–H groups in total. The van der Waals surface area contributed by atoms with Gasteiger partial charge in [-0.3, -0.25) is 14.9 Å². The topological polar surface area (TPSA) is 123 Å². The third-order valence-electron chi connectivity index (χ3n) is 4.52. The van der Waals surface area contributed by atoms with Crippen molar-refractivity contribution in [2.75, 3.05) is 11.9 Å². The third kappa shape index (κ3) is 4.36. The van der Waals surface area contributed by atoms with Crippen LogP contribution in [0.2, 0.25) is 5.02 Å². The van der Waals surface area contributed by atoms with E-state index < -0.39 is 28.8 Å². The van der Waals surface area contributed by atoms with Gasteiger partial charge >= 0.3 is 6.03 Å². The number of nitrogens with zero attached hydrogens (tertiary/aromatic N) is 1. The minimum absolute atomic E-state index is 0.0468. The van der Waals surface area contributed by atoms with E-state index in [1.54, 1.807) is 24.3 Å². The number of benzene rings is 2. The van der Waals surface area contributed by atoms with E-state index in [0.29, 0.717) is 23.6 Å². The average Bonchev–Trinajstić information content (AvgIpc) is 2.69. The maximum atomic E-state index is 13.1. The molecule has 156 valence electrons. The van der Waals surface area contributed by atoms with Crippen molar-refractivity contribution in [2.24, 2.45) is 5.92 Å². The molecule has 0 unspecified atom stereocenters. The van der Waals surface area contributed by atoms with Crippen molar-refractivity contribution in [3.05, 3.63) is 75.4 Å². The molecule has 0 bridgehead atoms. The highest BCUT2D eigenvalue weighted by Gasteiger charge is 2.38. The van der Waals surface area contributed by atoms with E-state index >= 15 is 0 Å². The first-order chi connectivity index (χ1) is 14.3. The van der Waals surface area contributed by atoms with Crippen LogP contribution in [0.3, 0.4) is 0 Å². The van der Waals surface area contributed by atoms with Crippen LogP contribution in [-0.2, 0) is 4.79 Å². The van der Waals surface area contributed by atoms with E-state index in [9.17, 15) is 19.7 Å². The van der Waals surface area contributed by atoms with Crippen LogP contribution >= 0.6 is 11.6 Å². The van der Waals surface area contributed by atoms with Crippen LogP contribution in [0.4, 0.5) is 16.2 Å². The smallest absolute Gasteiger partial charge is 0.319 e. The molecule has 1 heterocycles. The third-order valence-corrected chi connectivity index (χ3v) is 4.84. The maximum absolute atomic E-state index is 13.1. The molecule has 2 aromatic carbocycles. The molecule has 2 aromatic rings. The fraction of sp³-hybridized carbons (Fsp3) is 0.200. The Hall–Kier alpha value is -3.59. The molecule has 9 nitrogen and oxygen atoms in total. The summed E-state index contributed by atoms with van der Waals surface area (Å²) in [5.41, 5.74) is 0.636. The molecule has 0 spiro atoms. The number of carbonyl (C=O) groups excluding carboxylic acids is 2. The first-order valence-electron chi connectivity index (χ1n) is 9.04. The molecule has 0 aliphatic carbocycles. The van der Waals surface area contributed by atoms with Gasteiger partial charge in [-0.05, 0) is 30.7 Å². The molecule has 0 radical (unpaired) electrons. The van der Waals surface area contributed by atoms with Crippen molar-refractivity contribution in [2.45, 2.75) is 13.0 Å². The summed E-state index contributed by atoms with van der Waals surface area (Å²) in [5, 5.41) is 19.1. The zero-order chi connectivity index (χ0) is 21.8. The maximum Gasteiger partial charge on any atom is 0.319 e. The number of ether oxygens (including phenoxy) is 1. The number of nitrogens with one attached hydrogen (secondary N) is 3. The molecule has 1 fully saturated rings. The lowest BCUT2D eigenvalue weighted by Crippen LogP contribution is -2.51. The molecule has 3 amide bonds. The Morgan fingerprint density at radius 2 is 2.07 bits per heavy atom. The van der Waals surface area contributed by atoms with Gasteiger partial charge < -0.3 is 20.7 Å². The molecule has 30 heavy (non-hydrogen) atoms. The normalized spacial score (nSPS) is 18.2. The minimum atomic E-state index is -0.946. The summed E-state index contributed by atoms with van der Waals surface area (Å²) in [7, 11) is 0. The van der Waals surface area contributed by atoms with Gasteiger partial charge in [0, 0.05) is 11.8 Å². The molecule has 3 rings (SSSR count). The standard InChI is InChI=1S/C20H19ClN4O5/c1-3-30-16-7-5-4-6-14(16)23-19(26)17-11(2)22-20(27)24-18(17)12-8-9-13(21)15(10-12)25(28)29/h4-10,17-18H,2-3H2,1H3,(H,23,26)(H2,22,24,27)/t17-,18-/m0/s1. The SMILES string of the molecule is C=C1NC(=O)N[C@@H](c2ccc(Cl)c([N+](=O)[O-])c2)[C@H]1C(=O)Nc1ccccc1OCC. The number of nitro benzene ring substituents is 1. The zero-order valence-electron chi connectivity index (χ0n) is 16.0. The predicted molar refractivity (Wildman–Crippen MR) is 111 cm³/mol. The second kappa shape index (κ2) is 8.83. The van der Waals surface area contributed by atoms with Gasteiger partial charge in [0.2, 0.25) is 5.91 Å². The molecule has 0 aromatic heterocycles. The van der Waals surface area contributed by atoms with Gasteiger partial charge in [0.15, 0.2) is 0 Å². The highest BCUT2D eigenvalue weighted by atomic mass is 35.5. The monoisotopic (exact) mass is 430 g/mol. The second-order valence-corrected chi connectivity index (χ2v) is 6.87. The number of hydrogen-bond donors (Lipinski definition) is 3. The van der Waals surface area contributed by atoms with Gasteiger partial charge in [0.1, 0.15) is 16.7 Å². The summed E-state index contributed by atoms with van der Waals surface area (Å²) in [6.45, 7) is 6.03. The number of hydrogen-bond acceptors (Lipinski definition) is 5. The van der Waals surface area contributed by atoms with E-state index in [1.165, 1.54) is 18.2 Å². The van der Waals surface area contributed by atoms with E-state index in [2.05, 4.69) is 22.5 Å². The average molecular weight is 431 g/mol. The fourth-order valence-electron chi connectivity index (χ4n) is 3.20. The summed E-state index contributed by atoms with van der Waals surface area (Å²) in [6, 6.07) is 9.57. The molecule has 1 saturated heterocycles. The van der Waals surface area contributed by atoms with Crippen LogP contribution < -0.4 is 20.7 Å². The first kappa shape index (κ1) is 21.1. The summed E-state index contributed by atoms with van der Waals surface area (Å²) in [4.78, 5) is 35.8. The predicted octanol–water partition coefficient (Wildman–Crippen LogP) is 3.77. The summed E-state index contributed by atoms with van der Waals surface area (Å²) < 4.78 is 5.52. The Kier molecular flexibility index (Phi) is 6.22. The van der Waals surface area contributed by atoms with Crippen molar-refractivity contribution in [3.63, 3.8) is 0 Å². The quantitative estimate of drug-likeness (QED) is 0.475. The molecular weight excluding hydrogens is 412 g/mol. The second-order valence-electron chi connectivity index (χ2n) is 6.47. The zero-order valence-corrected chi connectivity index (χ0v) is 16.7. The number of amides is 3. The Morgan fingerprint density at radius 1 is 1.33 bits per heavy atom. The minimum Gasteiger partial charge on any atom is -0.492 e. The number of nitro groups is 1. The Morgan fingerprint density at radius 3 is 2.77 bits per heavy atom. The van der Waals surface area contributed by atoms with E-state index in [0.717, 1.165) is 0 Å². The Labute approximate surface area is 177 Å². The number of halogens is 1.